The molecule has 5 nitrogen and oxygen atoms in total. The maximum Gasteiger partial charge on any atom is 0.402 e. The maximum absolute atomic E-state index is 13.2. The van der Waals surface area contributed by atoms with Crippen LogP contribution >= 0.6 is 21.6 Å². The number of ketones is 1. The lowest BCUT2D eigenvalue weighted by Crippen LogP contribution is -2.37. The van der Waals surface area contributed by atoms with Gasteiger partial charge in [-0.25, -0.2) is 13.9 Å². The van der Waals surface area contributed by atoms with Crippen molar-refractivity contribution in [3.63, 3.8) is 0 Å². The lowest BCUT2D eigenvalue weighted by molar-refractivity contribution is -0.610. The summed E-state index contributed by atoms with van der Waals surface area (Å²) in [6.07, 6.45) is 1.98. The summed E-state index contributed by atoms with van der Waals surface area (Å²) in [5, 5.41) is 0. The number of fused-ring (bicyclic) bond motifs is 2. The number of imidazole rings is 1. The fraction of sp³-hybridized carbons (Fsp3) is 0.345. The number of aromatic nitrogens is 3. The van der Waals surface area contributed by atoms with E-state index in [0.717, 1.165) is 62.2 Å². The van der Waals surface area contributed by atoms with E-state index in [1.807, 2.05) is 52.1 Å². The minimum atomic E-state index is -0.542. The Bertz CT molecular complexity index is 1460. The van der Waals surface area contributed by atoms with Crippen LogP contribution in [0.25, 0.3) is 17.0 Å². The number of carbonyl (C=O) groups is 1. The fourth-order valence-corrected chi connectivity index (χ4v) is 7.49. The lowest BCUT2D eigenvalue weighted by atomic mass is 9.80. The van der Waals surface area contributed by atoms with Gasteiger partial charge in [0, 0.05) is 28.2 Å². The average molecular weight is 537 g/mol. The van der Waals surface area contributed by atoms with Gasteiger partial charge in [-0.05, 0) is 75.6 Å². The second kappa shape index (κ2) is 9.48. The van der Waals surface area contributed by atoms with Gasteiger partial charge in [0.25, 0.3) is 0 Å². The predicted octanol–water partition coefficient (Wildman–Crippen LogP) is 6.52. The van der Waals surface area contributed by atoms with Gasteiger partial charge in [-0.3, -0.25) is 4.79 Å². The van der Waals surface area contributed by atoms with Gasteiger partial charge in [-0.15, -0.1) is 0 Å². The first kappa shape index (κ1) is 25.8. The molecule has 0 amide bonds. The van der Waals surface area contributed by atoms with E-state index >= 15 is 0 Å². The van der Waals surface area contributed by atoms with E-state index in [1.165, 1.54) is 12.1 Å². The van der Waals surface area contributed by atoms with Crippen LogP contribution in [0.1, 0.15) is 55.6 Å². The summed E-state index contributed by atoms with van der Waals surface area (Å²) >= 11 is 0. The van der Waals surface area contributed by atoms with Gasteiger partial charge in [0.1, 0.15) is 22.8 Å². The molecule has 1 aliphatic rings. The van der Waals surface area contributed by atoms with E-state index in [1.54, 1.807) is 28.7 Å². The zero-order valence-electron chi connectivity index (χ0n) is 21.9. The largest absolute Gasteiger partial charge is 0.496 e. The molecule has 2 aromatic carbocycles. The number of nitrogens with zero attached hydrogens (tertiary/aromatic N) is 2. The molecule has 0 spiro atoms. The van der Waals surface area contributed by atoms with Gasteiger partial charge in [-0.2, -0.15) is 0 Å². The number of ether oxygens (including phenoxy) is 1. The molecule has 192 valence electrons. The van der Waals surface area contributed by atoms with Crippen LogP contribution in [-0.2, 0) is 27.1 Å². The first-order chi connectivity index (χ1) is 17.5. The van der Waals surface area contributed by atoms with Crippen LogP contribution in [0.5, 0.6) is 5.75 Å². The zero-order chi connectivity index (χ0) is 26.5. The predicted molar refractivity (Wildman–Crippen MR) is 149 cm³/mol. The van der Waals surface area contributed by atoms with Crippen LogP contribution in [-0.4, -0.2) is 22.9 Å². The summed E-state index contributed by atoms with van der Waals surface area (Å²) < 4.78 is 20.9. The van der Waals surface area contributed by atoms with E-state index in [4.69, 9.17) is 9.72 Å². The van der Waals surface area contributed by atoms with Gasteiger partial charge in [0.2, 0.25) is 0 Å². The van der Waals surface area contributed by atoms with Crippen molar-refractivity contribution in [2.45, 2.75) is 57.0 Å². The molecule has 2 aromatic heterocycles. The molecule has 0 unspecified atom stereocenters. The number of benzene rings is 2. The van der Waals surface area contributed by atoms with Crippen LogP contribution in [0.3, 0.4) is 0 Å². The number of H-pyrrole nitrogens is 1. The Labute approximate surface area is 224 Å². The Morgan fingerprint density at radius 2 is 1.65 bits per heavy atom. The van der Waals surface area contributed by atoms with Crippen molar-refractivity contribution in [3.8, 4) is 11.7 Å². The summed E-state index contributed by atoms with van der Waals surface area (Å²) in [7, 11) is 5.15. The number of Topliss-reactive ketones (excluding diaryl/α,β-unsaturated/α-hetero) is 1. The average Bonchev–Trinajstić information content (AvgIpc) is 3.34. The highest BCUT2D eigenvalue weighted by atomic mass is 33.1. The van der Waals surface area contributed by atoms with Crippen LogP contribution in [0.4, 0.5) is 4.39 Å². The monoisotopic (exact) mass is 536 g/mol. The first-order valence-electron chi connectivity index (χ1n) is 12.2. The van der Waals surface area contributed by atoms with E-state index in [0.29, 0.717) is 0 Å². The third-order valence-corrected chi connectivity index (χ3v) is 9.64. The lowest BCUT2D eigenvalue weighted by Gasteiger charge is -2.21. The number of carbonyl (C=O) groups excluding carboxylic acids is 1. The topological polar surface area (TPSA) is 58.9 Å². The van der Waals surface area contributed by atoms with Crippen molar-refractivity contribution >= 4 is 38.4 Å². The van der Waals surface area contributed by atoms with Crippen molar-refractivity contribution < 1.29 is 18.5 Å². The highest BCUT2D eigenvalue weighted by molar-refractivity contribution is 8.76. The van der Waals surface area contributed by atoms with Gasteiger partial charge < -0.3 is 4.74 Å². The summed E-state index contributed by atoms with van der Waals surface area (Å²) in [5.41, 5.74) is 6.02. The number of halogens is 1. The quantitative estimate of drug-likeness (QED) is 0.166. The minimum Gasteiger partial charge on any atom is -0.496 e. The van der Waals surface area contributed by atoms with E-state index in [-0.39, 0.29) is 11.6 Å². The number of methoxy groups -OCH3 is 1. The molecule has 8 heteroatoms. The molecule has 37 heavy (non-hydrogen) atoms. The van der Waals surface area contributed by atoms with E-state index < -0.39 is 10.8 Å². The Morgan fingerprint density at radius 1 is 1.00 bits per heavy atom. The molecule has 5 rings (SSSR count). The normalized spacial score (nSPS) is 15.8. The molecule has 0 bridgehead atoms. The number of aromatic amines is 1. The van der Waals surface area contributed by atoms with E-state index in [9.17, 15) is 9.18 Å². The summed E-state index contributed by atoms with van der Waals surface area (Å²) in [6, 6.07) is 12.8. The van der Waals surface area contributed by atoms with Crippen molar-refractivity contribution in [1.82, 2.24) is 9.97 Å². The number of hydrogen-bond acceptors (Lipinski definition) is 5. The van der Waals surface area contributed by atoms with Crippen LogP contribution in [0.2, 0.25) is 0 Å². The van der Waals surface area contributed by atoms with Crippen molar-refractivity contribution in [3.05, 3.63) is 82.4 Å². The molecule has 0 saturated carbocycles. The molecular weight excluding hydrogens is 505 g/mol. The van der Waals surface area contributed by atoms with Crippen LogP contribution in [0, 0.1) is 12.7 Å². The second-order valence-corrected chi connectivity index (χ2v) is 13.0. The van der Waals surface area contributed by atoms with Crippen molar-refractivity contribution in [2.75, 3.05) is 7.11 Å². The number of pyridine rings is 1. The van der Waals surface area contributed by atoms with Crippen LogP contribution in [0.15, 0.2) is 48.7 Å². The summed E-state index contributed by atoms with van der Waals surface area (Å²) in [6.45, 7) is 10.1. The third kappa shape index (κ3) is 4.44. The molecule has 1 aliphatic carbocycles. The molecule has 0 saturated heterocycles. The smallest absolute Gasteiger partial charge is 0.402 e. The van der Waals surface area contributed by atoms with Gasteiger partial charge in [0.15, 0.2) is 11.3 Å². The number of nitrogens with one attached hydrogen (secondary N) is 1. The SMILES string of the molecule is COc1cc[n+](-c2nc3cc4c(cc3[nH]2)C(C)(C)C(=O)C4(C)C)c(CSSCc2ccc(F)cc2)c1C. The van der Waals surface area contributed by atoms with Crippen LogP contribution < -0.4 is 9.30 Å². The van der Waals surface area contributed by atoms with Crippen molar-refractivity contribution in [1.29, 1.82) is 0 Å². The van der Waals surface area contributed by atoms with Gasteiger partial charge in [-0.1, -0.05) is 38.7 Å². The Hall–Kier alpha value is -2.84. The molecule has 0 aliphatic heterocycles. The third-order valence-electron chi connectivity index (χ3n) is 7.42. The molecule has 1 N–H and O–H groups in total. The van der Waals surface area contributed by atoms with Crippen molar-refractivity contribution in [2.24, 2.45) is 0 Å². The summed E-state index contributed by atoms with van der Waals surface area (Å²) in [5.74, 6) is 3.09. The Kier molecular flexibility index (Phi) is 6.61. The Balaban J connectivity index is 1.47. The molecule has 0 atom stereocenters. The molecule has 2 heterocycles. The molecule has 0 fully saturated rings. The first-order valence-corrected chi connectivity index (χ1v) is 14.7. The second-order valence-electron chi connectivity index (χ2n) is 10.5. The highest BCUT2D eigenvalue weighted by Gasteiger charge is 2.50. The molecule has 0 radical (unpaired) electrons. The molecule has 4 aromatic rings. The molecular formula is C29H31FN3O2S2+. The standard InChI is InChI=1S/C29H31FN3O2S2/c1-17-24(16-37-36-15-18-7-9-19(30)10-8-18)33(12-11-25(17)35-6)27-31-22-13-20-21(14-23(22)32-27)29(4,5)26(34)28(20,2)3/h7-14H,15-16H2,1-6H3,(H,31,32)/q+1. The fourth-order valence-electron chi connectivity index (χ4n) is 5.28. The zero-order valence-corrected chi connectivity index (χ0v) is 23.6. The van der Waals surface area contributed by atoms with Gasteiger partial charge in [0.05, 0.1) is 19.1 Å². The van der Waals surface area contributed by atoms with E-state index in [2.05, 4.69) is 28.6 Å². The summed E-state index contributed by atoms with van der Waals surface area (Å²) in [4.78, 5) is 21.5. The minimum absolute atomic E-state index is 0.218. The Morgan fingerprint density at radius 3 is 2.32 bits per heavy atom. The highest BCUT2D eigenvalue weighted by Crippen LogP contribution is 2.47. The number of rotatable bonds is 7. The maximum atomic E-state index is 13.2. The number of hydrogen-bond donors (Lipinski definition) is 1. The van der Waals surface area contributed by atoms with Gasteiger partial charge >= 0.3 is 5.95 Å².